The van der Waals surface area contributed by atoms with Crippen molar-refractivity contribution in [2.24, 2.45) is 0 Å². The molecular formula is C15H13N3O. The average molecular weight is 251 g/mol. The van der Waals surface area contributed by atoms with E-state index in [1.54, 1.807) is 24.3 Å². The number of nitriles is 2. The van der Waals surface area contributed by atoms with E-state index in [4.69, 9.17) is 5.26 Å². The molecule has 1 heterocycles. The van der Waals surface area contributed by atoms with Gasteiger partial charge in [-0.25, -0.2) is 0 Å². The highest BCUT2D eigenvalue weighted by Gasteiger charge is 2.24. The quantitative estimate of drug-likeness (QED) is 0.357. The van der Waals surface area contributed by atoms with Crippen LogP contribution in [0.15, 0.2) is 41.6 Å². The average Bonchev–Trinajstić information content (AvgIpc) is 2.89. The van der Waals surface area contributed by atoms with E-state index in [2.05, 4.69) is 6.07 Å². The third-order valence-electron chi connectivity index (χ3n) is 3.15. The summed E-state index contributed by atoms with van der Waals surface area (Å²) < 4.78 is 0. The Morgan fingerprint density at radius 3 is 2.63 bits per heavy atom. The number of benzene rings is 1. The standard InChI is InChI=1S/C15H13N3O/c16-8-10-18-9-4-7-14(18)13(11-17)15(19)12-5-2-1-3-6-12/h1-3,5-6H,4,7,9-10H2/b14-13-. The summed E-state index contributed by atoms with van der Waals surface area (Å²) in [6.45, 7) is 0.957. The van der Waals surface area contributed by atoms with Crippen LogP contribution in [-0.2, 0) is 0 Å². The first-order valence-corrected chi connectivity index (χ1v) is 6.13. The largest absolute Gasteiger partial charge is 0.360 e. The van der Waals surface area contributed by atoms with Gasteiger partial charge in [0.25, 0.3) is 0 Å². The number of hydrogen-bond donors (Lipinski definition) is 0. The lowest BCUT2D eigenvalue weighted by atomic mass is 10.0. The highest BCUT2D eigenvalue weighted by atomic mass is 16.1. The first-order valence-electron chi connectivity index (χ1n) is 6.13. The molecule has 0 radical (unpaired) electrons. The van der Waals surface area contributed by atoms with E-state index >= 15 is 0 Å². The highest BCUT2D eigenvalue weighted by Crippen LogP contribution is 2.25. The molecule has 1 aliphatic heterocycles. The van der Waals surface area contributed by atoms with Crippen LogP contribution in [0.1, 0.15) is 23.2 Å². The van der Waals surface area contributed by atoms with Gasteiger partial charge in [-0.15, -0.1) is 0 Å². The predicted molar refractivity (Wildman–Crippen MR) is 69.8 cm³/mol. The first-order chi connectivity index (χ1) is 9.27. The molecule has 1 saturated heterocycles. The molecule has 0 atom stereocenters. The predicted octanol–water partition coefficient (Wildman–Crippen LogP) is 2.27. The van der Waals surface area contributed by atoms with Gasteiger partial charge in [-0.2, -0.15) is 10.5 Å². The zero-order valence-corrected chi connectivity index (χ0v) is 10.5. The minimum absolute atomic E-state index is 0.166. The third kappa shape index (κ3) is 2.64. The summed E-state index contributed by atoms with van der Waals surface area (Å²) in [6.07, 6.45) is 1.56. The molecule has 0 saturated carbocycles. The molecule has 2 rings (SSSR count). The number of carbonyl (C=O) groups excluding carboxylic acids is 1. The number of likely N-dealkylation sites (tertiary alicyclic amines) is 1. The van der Waals surface area contributed by atoms with Crippen LogP contribution in [0.4, 0.5) is 0 Å². The minimum Gasteiger partial charge on any atom is -0.360 e. The third-order valence-corrected chi connectivity index (χ3v) is 3.15. The van der Waals surface area contributed by atoms with Crippen molar-refractivity contribution < 1.29 is 4.79 Å². The molecule has 0 unspecified atom stereocenters. The van der Waals surface area contributed by atoms with Crippen molar-refractivity contribution in [3.63, 3.8) is 0 Å². The number of carbonyl (C=O) groups is 1. The topological polar surface area (TPSA) is 67.9 Å². The summed E-state index contributed by atoms with van der Waals surface area (Å²) in [6, 6.07) is 12.8. The van der Waals surface area contributed by atoms with Crippen LogP contribution in [0.5, 0.6) is 0 Å². The Bertz CT molecular complexity index is 590. The van der Waals surface area contributed by atoms with Gasteiger partial charge in [-0.05, 0) is 12.8 Å². The molecule has 1 aromatic carbocycles. The second-order valence-corrected chi connectivity index (χ2v) is 4.31. The Balaban J connectivity index is 2.38. The summed E-state index contributed by atoms with van der Waals surface area (Å²) in [5.74, 6) is -0.261. The van der Waals surface area contributed by atoms with E-state index in [-0.39, 0.29) is 17.9 Å². The smallest absolute Gasteiger partial charge is 0.205 e. The lowest BCUT2D eigenvalue weighted by Gasteiger charge is -2.17. The Kier molecular flexibility index (Phi) is 3.95. The Morgan fingerprint density at radius 1 is 1.26 bits per heavy atom. The van der Waals surface area contributed by atoms with Crippen molar-refractivity contribution in [2.45, 2.75) is 12.8 Å². The SMILES string of the molecule is N#CCN1CCC/C1=C(\C#N)C(=O)c1ccccc1. The molecule has 0 spiro atoms. The van der Waals surface area contributed by atoms with E-state index in [0.29, 0.717) is 17.7 Å². The minimum atomic E-state index is -0.261. The fourth-order valence-electron chi connectivity index (χ4n) is 2.25. The Labute approximate surface area is 112 Å². The van der Waals surface area contributed by atoms with Crippen LogP contribution in [0.25, 0.3) is 0 Å². The van der Waals surface area contributed by atoms with E-state index < -0.39 is 0 Å². The summed E-state index contributed by atoms with van der Waals surface area (Å²) in [4.78, 5) is 14.1. The second-order valence-electron chi connectivity index (χ2n) is 4.31. The number of ketones is 1. The molecule has 4 heteroatoms. The van der Waals surface area contributed by atoms with Gasteiger partial charge >= 0.3 is 0 Å². The molecule has 1 aromatic rings. The number of nitrogens with zero attached hydrogens (tertiary/aromatic N) is 3. The van der Waals surface area contributed by atoms with E-state index in [1.165, 1.54) is 0 Å². The highest BCUT2D eigenvalue weighted by molar-refractivity contribution is 6.11. The molecule has 1 aliphatic rings. The maximum atomic E-state index is 12.3. The number of hydrogen-bond acceptors (Lipinski definition) is 4. The molecule has 0 amide bonds. The van der Waals surface area contributed by atoms with Gasteiger partial charge in [0.15, 0.2) is 0 Å². The summed E-state index contributed by atoms with van der Waals surface area (Å²) >= 11 is 0. The van der Waals surface area contributed by atoms with Crippen LogP contribution in [0.2, 0.25) is 0 Å². The van der Waals surface area contributed by atoms with Crippen LogP contribution < -0.4 is 0 Å². The fourth-order valence-corrected chi connectivity index (χ4v) is 2.25. The molecular weight excluding hydrogens is 238 g/mol. The van der Waals surface area contributed by atoms with Gasteiger partial charge in [-0.3, -0.25) is 4.79 Å². The zero-order valence-electron chi connectivity index (χ0n) is 10.5. The summed E-state index contributed by atoms with van der Waals surface area (Å²) in [5.41, 5.74) is 1.38. The van der Waals surface area contributed by atoms with Gasteiger partial charge in [0.2, 0.25) is 5.78 Å². The number of allylic oxidation sites excluding steroid dienone is 2. The lowest BCUT2D eigenvalue weighted by molar-refractivity contribution is 0.103. The van der Waals surface area contributed by atoms with E-state index in [1.807, 2.05) is 17.0 Å². The first kappa shape index (κ1) is 12.9. The molecule has 1 fully saturated rings. The van der Waals surface area contributed by atoms with Gasteiger partial charge in [0.05, 0.1) is 6.07 Å². The van der Waals surface area contributed by atoms with Gasteiger partial charge in [0, 0.05) is 17.8 Å². The lowest BCUT2D eigenvalue weighted by Crippen LogP contribution is -2.21. The summed E-state index contributed by atoms with van der Waals surface area (Å²) in [5, 5.41) is 18.0. The second kappa shape index (κ2) is 5.84. The van der Waals surface area contributed by atoms with Crippen molar-refractivity contribution in [1.29, 1.82) is 10.5 Å². The molecule has 4 nitrogen and oxygen atoms in total. The maximum absolute atomic E-state index is 12.3. The van der Waals surface area contributed by atoms with E-state index in [0.717, 1.165) is 13.0 Å². The number of Topliss-reactive ketones (excluding diaryl/α,β-unsaturated/α-hetero) is 1. The van der Waals surface area contributed by atoms with Crippen LogP contribution in [-0.4, -0.2) is 23.8 Å². The van der Waals surface area contributed by atoms with Crippen molar-refractivity contribution in [2.75, 3.05) is 13.1 Å². The van der Waals surface area contributed by atoms with Crippen molar-refractivity contribution in [3.05, 3.63) is 47.2 Å². The van der Waals surface area contributed by atoms with Crippen LogP contribution in [0.3, 0.4) is 0 Å². The van der Waals surface area contributed by atoms with Crippen LogP contribution in [0, 0.1) is 22.7 Å². The van der Waals surface area contributed by atoms with Crippen molar-refractivity contribution in [1.82, 2.24) is 4.90 Å². The molecule has 0 aliphatic carbocycles. The molecule has 0 bridgehead atoms. The Morgan fingerprint density at radius 2 is 2.00 bits per heavy atom. The number of rotatable bonds is 3. The van der Waals surface area contributed by atoms with Crippen molar-refractivity contribution in [3.8, 4) is 12.1 Å². The molecule has 0 aromatic heterocycles. The molecule has 19 heavy (non-hydrogen) atoms. The monoisotopic (exact) mass is 251 g/mol. The van der Waals surface area contributed by atoms with Crippen LogP contribution >= 0.6 is 0 Å². The fraction of sp³-hybridized carbons (Fsp3) is 0.267. The zero-order chi connectivity index (χ0) is 13.7. The van der Waals surface area contributed by atoms with Gasteiger partial charge < -0.3 is 4.90 Å². The normalized spacial score (nSPS) is 16.6. The van der Waals surface area contributed by atoms with Gasteiger partial charge in [0.1, 0.15) is 18.2 Å². The Hall–Kier alpha value is -2.59. The van der Waals surface area contributed by atoms with Crippen molar-refractivity contribution >= 4 is 5.78 Å². The van der Waals surface area contributed by atoms with E-state index in [9.17, 15) is 10.1 Å². The van der Waals surface area contributed by atoms with Gasteiger partial charge in [-0.1, -0.05) is 30.3 Å². The molecule has 0 N–H and O–H groups in total. The maximum Gasteiger partial charge on any atom is 0.205 e. The summed E-state index contributed by atoms with van der Waals surface area (Å²) in [7, 11) is 0. The molecule has 94 valence electrons.